The second-order valence-electron chi connectivity index (χ2n) is 6.16. The highest BCUT2D eigenvalue weighted by Crippen LogP contribution is 2.36. The van der Waals surface area contributed by atoms with E-state index in [9.17, 15) is 0 Å². The predicted molar refractivity (Wildman–Crippen MR) is 62.9 cm³/mol. The van der Waals surface area contributed by atoms with Crippen LogP contribution in [-0.2, 0) is 0 Å². The van der Waals surface area contributed by atoms with E-state index >= 15 is 0 Å². The summed E-state index contributed by atoms with van der Waals surface area (Å²) in [5.74, 6) is 0.982. The van der Waals surface area contributed by atoms with E-state index in [2.05, 4.69) is 24.2 Å². The van der Waals surface area contributed by atoms with Crippen molar-refractivity contribution in [2.24, 2.45) is 5.92 Å². The van der Waals surface area contributed by atoms with Crippen LogP contribution in [0.25, 0.3) is 0 Å². The first kappa shape index (κ1) is 10.1. The van der Waals surface area contributed by atoms with Crippen LogP contribution in [0.15, 0.2) is 0 Å². The maximum atomic E-state index is 3.73. The van der Waals surface area contributed by atoms with Crippen molar-refractivity contribution in [3.8, 4) is 0 Å². The molecule has 1 aliphatic carbocycles. The Morgan fingerprint density at radius 3 is 2.00 bits per heavy atom. The summed E-state index contributed by atoms with van der Waals surface area (Å²) < 4.78 is 0. The fourth-order valence-corrected chi connectivity index (χ4v) is 3.85. The van der Waals surface area contributed by atoms with E-state index in [1.54, 1.807) is 0 Å². The average molecular weight is 208 g/mol. The summed E-state index contributed by atoms with van der Waals surface area (Å²) in [6.45, 7) is 2.39. The molecule has 0 amide bonds. The molecule has 0 radical (unpaired) electrons. The third-order valence-electron chi connectivity index (χ3n) is 4.95. The van der Waals surface area contributed by atoms with Gasteiger partial charge in [0.1, 0.15) is 0 Å². The van der Waals surface area contributed by atoms with E-state index in [0.717, 1.165) is 30.1 Å². The molecule has 2 heterocycles. The van der Waals surface area contributed by atoms with Gasteiger partial charge in [0.25, 0.3) is 0 Å². The summed E-state index contributed by atoms with van der Waals surface area (Å²) in [6, 6.07) is 3.46. The minimum Gasteiger partial charge on any atom is -0.311 e. The molecule has 0 aromatic rings. The predicted octanol–water partition coefficient (Wildman–Crippen LogP) is 2.00. The molecule has 2 heteroatoms. The Balaban J connectivity index is 1.58. The lowest BCUT2D eigenvalue weighted by Gasteiger charge is -2.46. The van der Waals surface area contributed by atoms with Crippen LogP contribution in [0.4, 0.5) is 0 Å². The van der Waals surface area contributed by atoms with E-state index in [0.29, 0.717) is 0 Å². The van der Waals surface area contributed by atoms with Crippen molar-refractivity contribution >= 4 is 0 Å². The van der Waals surface area contributed by atoms with Crippen molar-refractivity contribution in [3.63, 3.8) is 0 Å². The van der Waals surface area contributed by atoms with Crippen LogP contribution >= 0.6 is 0 Å². The molecule has 3 fully saturated rings. The minimum atomic E-state index is 0.841. The van der Waals surface area contributed by atoms with E-state index in [-0.39, 0.29) is 0 Å². The van der Waals surface area contributed by atoms with Gasteiger partial charge in [-0.3, -0.25) is 0 Å². The first-order chi connectivity index (χ1) is 7.22. The molecule has 2 nitrogen and oxygen atoms in total. The maximum absolute atomic E-state index is 3.73. The van der Waals surface area contributed by atoms with Crippen molar-refractivity contribution in [1.82, 2.24) is 10.2 Å². The molecule has 15 heavy (non-hydrogen) atoms. The van der Waals surface area contributed by atoms with Crippen molar-refractivity contribution in [2.45, 2.75) is 69.6 Å². The Bertz CT molecular complexity index is 223. The zero-order chi connectivity index (χ0) is 10.4. The third kappa shape index (κ3) is 1.83. The summed E-state index contributed by atoms with van der Waals surface area (Å²) in [4.78, 5) is 2.70. The van der Waals surface area contributed by atoms with Gasteiger partial charge < -0.3 is 10.2 Å². The molecule has 0 spiro atoms. The molecule has 1 saturated carbocycles. The molecular weight excluding hydrogens is 184 g/mol. The molecule has 3 aliphatic rings. The van der Waals surface area contributed by atoms with Gasteiger partial charge in [0, 0.05) is 24.2 Å². The quantitative estimate of drug-likeness (QED) is 0.746. The highest BCUT2D eigenvalue weighted by Gasteiger charge is 2.39. The molecule has 2 atom stereocenters. The van der Waals surface area contributed by atoms with Gasteiger partial charge in [-0.05, 0) is 51.5 Å². The highest BCUT2D eigenvalue weighted by molar-refractivity contribution is 4.97. The second kappa shape index (κ2) is 3.74. The van der Waals surface area contributed by atoms with E-state index in [4.69, 9.17) is 0 Å². The summed E-state index contributed by atoms with van der Waals surface area (Å²) in [5, 5.41) is 3.73. The van der Waals surface area contributed by atoms with Crippen LogP contribution in [-0.4, -0.2) is 36.1 Å². The Labute approximate surface area is 93.4 Å². The zero-order valence-electron chi connectivity index (χ0n) is 10.1. The van der Waals surface area contributed by atoms with Crippen LogP contribution in [0.5, 0.6) is 0 Å². The Hall–Kier alpha value is -0.0800. The molecular formula is C13H24N2. The van der Waals surface area contributed by atoms with Gasteiger partial charge in [-0.1, -0.05) is 6.92 Å². The molecule has 86 valence electrons. The van der Waals surface area contributed by atoms with Crippen molar-refractivity contribution < 1.29 is 0 Å². The van der Waals surface area contributed by atoms with E-state index in [1.807, 2.05) is 0 Å². The molecule has 2 bridgehead atoms. The number of fused-ring (bicyclic) bond motifs is 2. The number of hydrogen-bond acceptors (Lipinski definition) is 2. The molecule has 2 aliphatic heterocycles. The maximum Gasteiger partial charge on any atom is 0.0125 e. The molecule has 0 aromatic carbocycles. The summed E-state index contributed by atoms with van der Waals surface area (Å²) in [7, 11) is 2.37. The van der Waals surface area contributed by atoms with Gasteiger partial charge in [0.15, 0.2) is 0 Å². The monoisotopic (exact) mass is 208 g/mol. The number of rotatable bonds is 2. The lowest BCUT2D eigenvalue weighted by Crippen LogP contribution is -2.52. The van der Waals surface area contributed by atoms with Gasteiger partial charge in [0.2, 0.25) is 0 Å². The third-order valence-corrected chi connectivity index (χ3v) is 4.95. The number of piperidine rings is 1. The van der Waals surface area contributed by atoms with Gasteiger partial charge >= 0.3 is 0 Å². The number of nitrogens with one attached hydrogen (secondary N) is 1. The molecule has 0 aromatic heterocycles. The first-order valence-corrected chi connectivity index (χ1v) is 6.70. The van der Waals surface area contributed by atoms with Crippen molar-refractivity contribution in [1.29, 1.82) is 0 Å². The van der Waals surface area contributed by atoms with E-state index < -0.39 is 0 Å². The van der Waals surface area contributed by atoms with Crippen LogP contribution in [0, 0.1) is 5.92 Å². The van der Waals surface area contributed by atoms with Gasteiger partial charge in [-0.2, -0.15) is 0 Å². The fourth-order valence-electron chi connectivity index (χ4n) is 3.85. The summed E-state index contributed by atoms with van der Waals surface area (Å²) in [5.41, 5.74) is 0. The Morgan fingerprint density at radius 2 is 1.47 bits per heavy atom. The normalized spacial score (nSPS) is 49.4. The standard InChI is InChI=1S/C13H24N2/c1-9-5-12(6-9)15(2)13-7-10-3-4-11(8-13)14-10/h9-14H,3-8H2,1-2H3. The molecule has 2 unspecified atom stereocenters. The average Bonchev–Trinajstić information content (AvgIpc) is 2.52. The number of hydrogen-bond donors (Lipinski definition) is 1. The van der Waals surface area contributed by atoms with Crippen LogP contribution < -0.4 is 5.32 Å². The van der Waals surface area contributed by atoms with Gasteiger partial charge in [-0.25, -0.2) is 0 Å². The van der Waals surface area contributed by atoms with Crippen molar-refractivity contribution in [2.75, 3.05) is 7.05 Å². The SMILES string of the molecule is CC1CC(N(C)C2CC3CCC(C2)N3)C1. The van der Waals surface area contributed by atoms with Crippen molar-refractivity contribution in [3.05, 3.63) is 0 Å². The Kier molecular flexibility index (Phi) is 2.52. The zero-order valence-corrected chi connectivity index (χ0v) is 10.1. The largest absolute Gasteiger partial charge is 0.311 e. The second-order valence-corrected chi connectivity index (χ2v) is 6.16. The first-order valence-electron chi connectivity index (χ1n) is 6.70. The fraction of sp³-hybridized carbons (Fsp3) is 1.00. The van der Waals surface area contributed by atoms with E-state index in [1.165, 1.54) is 38.5 Å². The lowest BCUT2D eigenvalue weighted by atomic mass is 9.79. The van der Waals surface area contributed by atoms with Gasteiger partial charge in [0.05, 0.1) is 0 Å². The smallest absolute Gasteiger partial charge is 0.0125 e. The molecule has 1 N–H and O–H groups in total. The Morgan fingerprint density at radius 1 is 0.933 bits per heavy atom. The highest BCUT2D eigenvalue weighted by atomic mass is 15.2. The van der Waals surface area contributed by atoms with Crippen LogP contribution in [0.1, 0.15) is 45.4 Å². The van der Waals surface area contributed by atoms with Crippen LogP contribution in [0.3, 0.4) is 0 Å². The van der Waals surface area contributed by atoms with Gasteiger partial charge in [-0.15, -0.1) is 0 Å². The molecule has 2 saturated heterocycles. The molecule has 3 rings (SSSR count). The summed E-state index contributed by atoms with van der Waals surface area (Å²) in [6.07, 6.45) is 8.54. The van der Waals surface area contributed by atoms with Crippen LogP contribution in [0.2, 0.25) is 0 Å². The lowest BCUT2D eigenvalue weighted by molar-refractivity contribution is 0.0511. The number of nitrogens with zero attached hydrogens (tertiary/aromatic N) is 1. The minimum absolute atomic E-state index is 0.841. The summed E-state index contributed by atoms with van der Waals surface area (Å²) >= 11 is 0. The topological polar surface area (TPSA) is 15.3 Å².